The molecule has 5 nitrogen and oxygen atoms in total. The minimum absolute atomic E-state index is 0.120. The molecule has 6 heteroatoms. The molecule has 0 spiro atoms. The van der Waals surface area contributed by atoms with E-state index < -0.39 is 10.1 Å². The number of carbonyl (C=O) groups is 1. The van der Waals surface area contributed by atoms with E-state index in [0.717, 1.165) is 6.42 Å². The van der Waals surface area contributed by atoms with Gasteiger partial charge >= 0.3 is 5.97 Å². The van der Waals surface area contributed by atoms with Crippen molar-refractivity contribution in [3.8, 4) is 0 Å². The van der Waals surface area contributed by atoms with Gasteiger partial charge in [0.05, 0.1) is 19.0 Å². The minimum atomic E-state index is -3.25. The van der Waals surface area contributed by atoms with Gasteiger partial charge in [-0.3, -0.25) is 8.98 Å². The number of esters is 1. The Balaban J connectivity index is 2.09. The van der Waals surface area contributed by atoms with Crippen LogP contribution < -0.4 is 0 Å². The lowest BCUT2D eigenvalue weighted by molar-refractivity contribution is -0.140. The summed E-state index contributed by atoms with van der Waals surface area (Å²) in [5.41, 5.74) is 0. The zero-order valence-electron chi connectivity index (χ0n) is 8.77. The second-order valence-electron chi connectivity index (χ2n) is 3.59. The largest absolute Gasteiger partial charge is 0.469 e. The number of hydrogen-bond donors (Lipinski definition) is 0. The molecule has 0 aromatic rings. The average Bonchev–Trinajstić information content (AvgIpc) is 2.52. The summed E-state index contributed by atoms with van der Waals surface area (Å²) in [6, 6.07) is 0. The van der Waals surface area contributed by atoms with Crippen LogP contribution in [0.1, 0.15) is 32.1 Å². The summed E-state index contributed by atoms with van der Waals surface area (Å²) in [5, 5.41) is 0. The molecular formula is C9H16O5S. The smallest absolute Gasteiger partial charge is 0.305 e. The van der Waals surface area contributed by atoms with Gasteiger partial charge in [-0.25, -0.2) is 0 Å². The topological polar surface area (TPSA) is 69.7 Å². The van der Waals surface area contributed by atoms with Gasteiger partial charge < -0.3 is 4.74 Å². The molecule has 88 valence electrons. The van der Waals surface area contributed by atoms with Crippen molar-refractivity contribution in [3.63, 3.8) is 0 Å². The van der Waals surface area contributed by atoms with Crippen LogP contribution in [0.4, 0.5) is 0 Å². The third kappa shape index (κ3) is 4.61. The van der Waals surface area contributed by atoms with E-state index in [4.69, 9.17) is 4.18 Å². The van der Waals surface area contributed by atoms with E-state index in [-0.39, 0.29) is 17.8 Å². The van der Waals surface area contributed by atoms with E-state index >= 15 is 0 Å². The number of carbonyl (C=O) groups excluding carboxylic acids is 1. The molecule has 1 saturated heterocycles. The first kappa shape index (κ1) is 12.4. The Hall–Kier alpha value is -0.620. The molecule has 1 heterocycles. The van der Waals surface area contributed by atoms with Crippen LogP contribution in [0.5, 0.6) is 0 Å². The fourth-order valence-electron chi connectivity index (χ4n) is 1.52. The minimum Gasteiger partial charge on any atom is -0.469 e. The molecule has 0 radical (unpaired) electrons. The molecule has 0 aliphatic carbocycles. The van der Waals surface area contributed by atoms with E-state index in [9.17, 15) is 13.2 Å². The van der Waals surface area contributed by atoms with Crippen LogP contribution in [-0.2, 0) is 23.8 Å². The highest BCUT2D eigenvalue weighted by atomic mass is 32.2. The number of hydrogen-bond acceptors (Lipinski definition) is 5. The van der Waals surface area contributed by atoms with Crippen molar-refractivity contribution in [3.05, 3.63) is 0 Å². The molecule has 0 N–H and O–H groups in total. The van der Waals surface area contributed by atoms with Crippen LogP contribution in [0.15, 0.2) is 0 Å². The Morgan fingerprint density at radius 2 is 2.20 bits per heavy atom. The third-order valence-corrected chi connectivity index (χ3v) is 3.66. The lowest BCUT2D eigenvalue weighted by Gasteiger charge is -2.06. The SMILES string of the molecule is COC(=O)CCCCC1CCS(=O)(=O)O1. The summed E-state index contributed by atoms with van der Waals surface area (Å²) in [4.78, 5) is 10.8. The summed E-state index contributed by atoms with van der Waals surface area (Å²) in [6.45, 7) is 0. The first-order chi connectivity index (χ1) is 7.03. The number of methoxy groups -OCH3 is 1. The Kier molecular flexibility index (Phi) is 4.53. The predicted molar refractivity (Wildman–Crippen MR) is 53.8 cm³/mol. The van der Waals surface area contributed by atoms with Gasteiger partial charge in [0.1, 0.15) is 0 Å². The van der Waals surface area contributed by atoms with Crippen LogP contribution in [-0.4, -0.2) is 33.4 Å². The van der Waals surface area contributed by atoms with E-state index in [1.165, 1.54) is 7.11 Å². The van der Waals surface area contributed by atoms with Crippen molar-refractivity contribution < 1.29 is 22.1 Å². The summed E-state index contributed by atoms with van der Waals surface area (Å²) in [5.74, 6) is -0.107. The van der Waals surface area contributed by atoms with Crippen LogP contribution in [0.2, 0.25) is 0 Å². The zero-order valence-corrected chi connectivity index (χ0v) is 9.59. The standard InChI is InChI=1S/C9H16O5S/c1-13-9(10)5-3-2-4-8-6-7-15(11,12)14-8/h8H,2-7H2,1H3. The molecule has 0 bridgehead atoms. The van der Waals surface area contributed by atoms with Gasteiger partial charge in [-0.1, -0.05) is 6.42 Å². The highest BCUT2D eigenvalue weighted by Gasteiger charge is 2.27. The van der Waals surface area contributed by atoms with Gasteiger partial charge in [-0.15, -0.1) is 0 Å². The van der Waals surface area contributed by atoms with Crippen molar-refractivity contribution in [2.75, 3.05) is 12.9 Å². The van der Waals surface area contributed by atoms with E-state index in [0.29, 0.717) is 25.7 Å². The van der Waals surface area contributed by atoms with E-state index in [2.05, 4.69) is 4.74 Å². The maximum Gasteiger partial charge on any atom is 0.305 e. The molecular weight excluding hydrogens is 220 g/mol. The lowest BCUT2D eigenvalue weighted by atomic mass is 10.1. The molecule has 0 saturated carbocycles. The Labute approximate surface area is 89.9 Å². The van der Waals surface area contributed by atoms with Crippen molar-refractivity contribution in [2.24, 2.45) is 0 Å². The highest BCUT2D eigenvalue weighted by molar-refractivity contribution is 7.86. The number of ether oxygens (including phenoxy) is 1. The van der Waals surface area contributed by atoms with Gasteiger partial charge in [0.2, 0.25) is 0 Å². The molecule has 15 heavy (non-hydrogen) atoms. The molecule has 1 atom stereocenters. The quantitative estimate of drug-likeness (QED) is 0.402. The second kappa shape index (κ2) is 5.46. The molecule has 0 aromatic carbocycles. The molecule has 1 aliphatic rings. The molecule has 1 aliphatic heterocycles. The van der Waals surface area contributed by atoms with Crippen LogP contribution in [0, 0.1) is 0 Å². The Bertz CT molecular complexity index is 308. The van der Waals surface area contributed by atoms with Crippen molar-refractivity contribution in [2.45, 2.75) is 38.2 Å². The van der Waals surface area contributed by atoms with Crippen molar-refractivity contribution in [1.29, 1.82) is 0 Å². The van der Waals surface area contributed by atoms with Crippen LogP contribution in [0.3, 0.4) is 0 Å². The molecule has 1 unspecified atom stereocenters. The maximum atomic E-state index is 10.9. The van der Waals surface area contributed by atoms with E-state index in [1.807, 2.05) is 0 Å². The van der Waals surface area contributed by atoms with Crippen LogP contribution in [0.25, 0.3) is 0 Å². The first-order valence-electron chi connectivity index (χ1n) is 5.01. The average molecular weight is 236 g/mol. The van der Waals surface area contributed by atoms with E-state index in [1.54, 1.807) is 0 Å². The molecule has 1 fully saturated rings. The summed E-state index contributed by atoms with van der Waals surface area (Å²) < 4.78 is 31.2. The number of rotatable bonds is 5. The fourth-order valence-corrected chi connectivity index (χ4v) is 2.77. The maximum absolute atomic E-state index is 10.9. The number of unbranched alkanes of at least 4 members (excludes halogenated alkanes) is 1. The van der Waals surface area contributed by atoms with Gasteiger partial charge in [-0.05, 0) is 19.3 Å². The monoisotopic (exact) mass is 236 g/mol. The Morgan fingerprint density at radius 3 is 2.73 bits per heavy atom. The predicted octanol–water partition coefficient (Wildman–Crippen LogP) is 0.838. The first-order valence-corrected chi connectivity index (χ1v) is 6.59. The summed E-state index contributed by atoms with van der Waals surface area (Å²) in [6.07, 6.45) is 2.96. The fraction of sp³-hybridized carbons (Fsp3) is 0.889. The summed E-state index contributed by atoms with van der Waals surface area (Å²) >= 11 is 0. The van der Waals surface area contributed by atoms with Crippen molar-refractivity contribution >= 4 is 16.1 Å². The lowest BCUT2D eigenvalue weighted by Crippen LogP contribution is -2.07. The van der Waals surface area contributed by atoms with Gasteiger partial charge in [0.15, 0.2) is 0 Å². The van der Waals surface area contributed by atoms with Gasteiger partial charge in [0, 0.05) is 6.42 Å². The third-order valence-electron chi connectivity index (χ3n) is 2.36. The summed E-state index contributed by atoms with van der Waals surface area (Å²) in [7, 11) is -1.89. The molecule has 0 aromatic heterocycles. The second-order valence-corrected chi connectivity index (χ2v) is 5.31. The van der Waals surface area contributed by atoms with Gasteiger partial charge in [-0.2, -0.15) is 8.42 Å². The zero-order chi connectivity index (χ0) is 11.3. The van der Waals surface area contributed by atoms with Crippen molar-refractivity contribution in [1.82, 2.24) is 0 Å². The van der Waals surface area contributed by atoms with Crippen LogP contribution >= 0.6 is 0 Å². The normalized spacial score (nSPS) is 23.9. The molecule has 1 rings (SSSR count). The highest BCUT2D eigenvalue weighted by Crippen LogP contribution is 2.20. The van der Waals surface area contributed by atoms with Gasteiger partial charge in [0.25, 0.3) is 10.1 Å². The molecule has 0 amide bonds. The Morgan fingerprint density at radius 1 is 1.47 bits per heavy atom.